The van der Waals surface area contributed by atoms with Crippen LogP contribution in [0.3, 0.4) is 0 Å². The number of aryl methyl sites for hydroxylation is 2. The third-order valence-electron chi connectivity index (χ3n) is 4.12. The number of rotatable bonds is 5. The van der Waals surface area contributed by atoms with E-state index in [1.54, 1.807) is 0 Å². The molecule has 2 atom stereocenters. The van der Waals surface area contributed by atoms with Gasteiger partial charge in [0.2, 0.25) is 0 Å². The Kier molecular flexibility index (Phi) is 5.19. The molecule has 0 aliphatic heterocycles. The van der Waals surface area contributed by atoms with Gasteiger partial charge in [0.15, 0.2) is 0 Å². The van der Waals surface area contributed by atoms with Crippen molar-refractivity contribution >= 4 is 11.3 Å². The second-order valence-corrected chi connectivity index (χ2v) is 7.14. The van der Waals surface area contributed by atoms with Crippen molar-refractivity contribution in [3.8, 4) is 0 Å². The highest BCUT2D eigenvalue weighted by Crippen LogP contribution is 2.30. The Balaban J connectivity index is 1.63. The summed E-state index contributed by atoms with van der Waals surface area (Å²) in [7, 11) is 0. The summed E-state index contributed by atoms with van der Waals surface area (Å²) in [6.45, 7) is 8.75. The van der Waals surface area contributed by atoms with Crippen LogP contribution in [0.1, 0.15) is 54.6 Å². The van der Waals surface area contributed by atoms with Crippen molar-refractivity contribution in [3.05, 3.63) is 15.6 Å². The SMILES string of the molecule is Cc1nc(CNCCC2CCCC(C)C2)sc1C. The van der Waals surface area contributed by atoms with Gasteiger partial charge in [-0.1, -0.05) is 26.2 Å². The topological polar surface area (TPSA) is 24.9 Å². The summed E-state index contributed by atoms with van der Waals surface area (Å²) >= 11 is 1.83. The summed E-state index contributed by atoms with van der Waals surface area (Å²) in [6.07, 6.45) is 7.12. The lowest BCUT2D eigenvalue weighted by Gasteiger charge is -2.26. The molecular weight excluding hydrogens is 240 g/mol. The van der Waals surface area contributed by atoms with Crippen LogP contribution in [0.2, 0.25) is 0 Å². The fraction of sp³-hybridized carbons (Fsp3) is 0.800. The van der Waals surface area contributed by atoms with Gasteiger partial charge in [-0.2, -0.15) is 0 Å². The van der Waals surface area contributed by atoms with Gasteiger partial charge < -0.3 is 5.32 Å². The lowest BCUT2D eigenvalue weighted by atomic mass is 9.81. The molecule has 0 aromatic carbocycles. The molecule has 0 bridgehead atoms. The summed E-state index contributed by atoms with van der Waals surface area (Å²) in [5, 5.41) is 4.79. The average molecular weight is 266 g/mol. The second kappa shape index (κ2) is 6.67. The standard InChI is InChI=1S/C15H26N2S/c1-11-5-4-6-14(9-11)7-8-16-10-15-17-12(2)13(3)18-15/h11,14,16H,4-10H2,1-3H3. The first-order valence-electron chi connectivity index (χ1n) is 7.28. The van der Waals surface area contributed by atoms with Gasteiger partial charge in [-0.3, -0.25) is 0 Å². The van der Waals surface area contributed by atoms with Crippen LogP contribution in [0.15, 0.2) is 0 Å². The van der Waals surface area contributed by atoms with Crippen molar-refractivity contribution in [1.29, 1.82) is 0 Å². The highest BCUT2D eigenvalue weighted by Gasteiger charge is 2.18. The van der Waals surface area contributed by atoms with Crippen LogP contribution in [0.25, 0.3) is 0 Å². The molecule has 1 N–H and O–H groups in total. The smallest absolute Gasteiger partial charge is 0.107 e. The highest BCUT2D eigenvalue weighted by atomic mass is 32.1. The third kappa shape index (κ3) is 4.06. The Morgan fingerprint density at radius 1 is 1.33 bits per heavy atom. The molecule has 1 saturated carbocycles. The maximum Gasteiger partial charge on any atom is 0.107 e. The number of nitrogens with zero attached hydrogens (tertiary/aromatic N) is 1. The Morgan fingerprint density at radius 2 is 2.17 bits per heavy atom. The van der Waals surface area contributed by atoms with Crippen molar-refractivity contribution in [2.75, 3.05) is 6.54 Å². The van der Waals surface area contributed by atoms with Crippen LogP contribution in [0.5, 0.6) is 0 Å². The van der Waals surface area contributed by atoms with Gasteiger partial charge in [-0.05, 0) is 45.1 Å². The van der Waals surface area contributed by atoms with Crippen LogP contribution in [0.4, 0.5) is 0 Å². The number of aromatic nitrogens is 1. The number of nitrogens with one attached hydrogen (secondary N) is 1. The van der Waals surface area contributed by atoms with Crippen molar-refractivity contribution in [2.45, 2.75) is 59.4 Å². The quantitative estimate of drug-likeness (QED) is 0.813. The minimum atomic E-state index is 0.946. The molecule has 1 heterocycles. The lowest BCUT2D eigenvalue weighted by molar-refractivity contribution is 0.267. The minimum absolute atomic E-state index is 0.946. The van der Waals surface area contributed by atoms with Gasteiger partial charge in [0.25, 0.3) is 0 Å². The lowest BCUT2D eigenvalue weighted by Crippen LogP contribution is -2.21. The summed E-state index contributed by atoms with van der Waals surface area (Å²) in [5.41, 5.74) is 1.19. The van der Waals surface area contributed by atoms with Gasteiger partial charge in [0.1, 0.15) is 5.01 Å². The molecule has 1 aromatic heterocycles. The van der Waals surface area contributed by atoms with Crippen LogP contribution >= 0.6 is 11.3 Å². The molecule has 1 fully saturated rings. The molecule has 2 nitrogen and oxygen atoms in total. The molecule has 0 spiro atoms. The van der Waals surface area contributed by atoms with Crippen LogP contribution < -0.4 is 5.32 Å². The van der Waals surface area contributed by atoms with E-state index in [2.05, 4.69) is 31.1 Å². The van der Waals surface area contributed by atoms with E-state index in [4.69, 9.17) is 0 Å². The molecule has 102 valence electrons. The molecule has 0 amide bonds. The molecule has 0 saturated heterocycles. The van der Waals surface area contributed by atoms with E-state index in [0.29, 0.717) is 0 Å². The van der Waals surface area contributed by atoms with Gasteiger partial charge in [0, 0.05) is 11.4 Å². The number of hydrogen-bond donors (Lipinski definition) is 1. The van der Waals surface area contributed by atoms with Crippen LogP contribution in [-0.4, -0.2) is 11.5 Å². The molecule has 3 heteroatoms. The van der Waals surface area contributed by atoms with E-state index in [-0.39, 0.29) is 0 Å². The first-order chi connectivity index (χ1) is 8.65. The fourth-order valence-corrected chi connectivity index (χ4v) is 3.84. The van der Waals surface area contributed by atoms with E-state index in [9.17, 15) is 0 Å². The summed E-state index contributed by atoms with van der Waals surface area (Å²) in [5.74, 6) is 1.91. The Bertz CT molecular complexity index is 353. The summed E-state index contributed by atoms with van der Waals surface area (Å²) < 4.78 is 0. The molecule has 1 aromatic rings. The molecular formula is C15H26N2S. The minimum Gasteiger partial charge on any atom is -0.310 e. The zero-order chi connectivity index (χ0) is 13.0. The maximum absolute atomic E-state index is 4.56. The molecule has 1 aliphatic rings. The predicted molar refractivity (Wildman–Crippen MR) is 79.0 cm³/mol. The van der Waals surface area contributed by atoms with Crippen molar-refractivity contribution in [1.82, 2.24) is 10.3 Å². The van der Waals surface area contributed by atoms with E-state index in [1.165, 1.54) is 47.7 Å². The summed E-state index contributed by atoms with van der Waals surface area (Å²) in [6, 6.07) is 0. The summed E-state index contributed by atoms with van der Waals surface area (Å²) in [4.78, 5) is 5.92. The van der Waals surface area contributed by atoms with Crippen LogP contribution in [0, 0.1) is 25.7 Å². The largest absolute Gasteiger partial charge is 0.310 e. The number of hydrogen-bond acceptors (Lipinski definition) is 3. The zero-order valence-corrected chi connectivity index (χ0v) is 12.8. The molecule has 2 unspecified atom stereocenters. The van der Waals surface area contributed by atoms with Gasteiger partial charge >= 0.3 is 0 Å². The predicted octanol–water partition coefficient (Wildman–Crippen LogP) is 4.07. The first-order valence-corrected chi connectivity index (χ1v) is 8.10. The Morgan fingerprint density at radius 3 is 2.83 bits per heavy atom. The third-order valence-corrected chi connectivity index (χ3v) is 5.20. The second-order valence-electron chi connectivity index (χ2n) is 5.85. The van der Waals surface area contributed by atoms with E-state index in [0.717, 1.165) is 24.9 Å². The first kappa shape index (κ1) is 14.0. The fourth-order valence-electron chi connectivity index (χ4n) is 2.94. The van der Waals surface area contributed by atoms with Crippen molar-refractivity contribution < 1.29 is 0 Å². The average Bonchev–Trinajstić information content (AvgIpc) is 2.65. The zero-order valence-electron chi connectivity index (χ0n) is 12.0. The highest BCUT2D eigenvalue weighted by molar-refractivity contribution is 7.11. The number of thiazole rings is 1. The van der Waals surface area contributed by atoms with Gasteiger partial charge in [-0.25, -0.2) is 4.98 Å². The van der Waals surface area contributed by atoms with Crippen molar-refractivity contribution in [2.24, 2.45) is 11.8 Å². The van der Waals surface area contributed by atoms with E-state index in [1.807, 2.05) is 11.3 Å². The molecule has 1 aliphatic carbocycles. The van der Waals surface area contributed by atoms with Crippen LogP contribution in [-0.2, 0) is 6.54 Å². The molecule has 2 rings (SSSR count). The van der Waals surface area contributed by atoms with Crippen molar-refractivity contribution in [3.63, 3.8) is 0 Å². The van der Waals surface area contributed by atoms with Gasteiger partial charge in [0.05, 0.1) is 5.69 Å². The molecule has 0 radical (unpaired) electrons. The monoisotopic (exact) mass is 266 g/mol. The Labute approximate surface area is 115 Å². The van der Waals surface area contributed by atoms with E-state index >= 15 is 0 Å². The van der Waals surface area contributed by atoms with E-state index < -0.39 is 0 Å². The molecule has 18 heavy (non-hydrogen) atoms. The normalized spacial score (nSPS) is 24.4. The van der Waals surface area contributed by atoms with Gasteiger partial charge in [-0.15, -0.1) is 11.3 Å². The maximum atomic E-state index is 4.56. The Hall–Kier alpha value is -0.410.